The van der Waals surface area contributed by atoms with Crippen molar-refractivity contribution in [1.29, 1.82) is 0 Å². The molecule has 0 N–H and O–H groups in total. The minimum Gasteiger partial charge on any atom is -0.180 e. The zero-order valence-electron chi connectivity index (χ0n) is 23.9. The van der Waals surface area contributed by atoms with Crippen molar-refractivity contribution in [1.82, 2.24) is 0 Å². The smallest absolute Gasteiger partial charge is 0.0193 e. The van der Waals surface area contributed by atoms with Crippen LogP contribution in [0.15, 0.2) is 170 Å². The fourth-order valence-corrected chi connectivity index (χ4v) is 9.02. The third-order valence-electron chi connectivity index (χ3n) is 6.48. The molecule has 0 bridgehead atoms. The van der Waals surface area contributed by atoms with Crippen LogP contribution in [0.1, 0.15) is 11.1 Å². The molecule has 0 heterocycles. The number of halogens is 2. The van der Waals surface area contributed by atoms with Crippen LogP contribution in [0.4, 0.5) is 0 Å². The molecule has 6 aromatic rings. The Morgan fingerprint density at radius 2 is 0.614 bits per heavy atom. The summed E-state index contributed by atoms with van der Waals surface area (Å²) in [4.78, 5) is 0. The minimum atomic E-state index is -0.358. The minimum absolute atomic E-state index is 0.358. The maximum atomic E-state index is 3.35. The van der Waals surface area contributed by atoms with Crippen LogP contribution in [-0.2, 0) is 46.7 Å². The molecule has 228 valence electrons. The van der Waals surface area contributed by atoms with Gasteiger partial charge in [-0.05, 0) is 49.4 Å². The Labute approximate surface area is 300 Å². The van der Waals surface area contributed by atoms with Crippen LogP contribution in [-0.4, -0.2) is 0 Å². The molecule has 0 radical (unpaired) electrons. The zero-order chi connectivity index (χ0) is 31.2. The molecule has 44 heavy (non-hydrogen) atoms. The van der Waals surface area contributed by atoms with Crippen molar-refractivity contribution in [3.8, 4) is 0 Å². The molecule has 6 rings (SSSR count). The van der Waals surface area contributed by atoms with Gasteiger partial charge in [0.05, 0.1) is 0 Å². The number of hydrogen-bond acceptors (Lipinski definition) is 0. The van der Waals surface area contributed by atoms with Gasteiger partial charge in [0.15, 0.2) is 0 Å². The first-order chi connectivity index (χ1) is 21.9. The van der Waals surface area contributed by atoms with E-state index in [1.54, 1.807) is 0 Å². The molecule has 0 saturated heterocycles. The predicted octanol–water partition coefficient (Wildman–Crippen LogP) is 9.93. The van der Waals surface area contributed by atoms with E-state index in [0.29, 0.717) is 0 Å². The van der Waals surface area contributed by atoms with Gasteiger partial charge in [-0.25, -0.2) is 0 Å². The fraction of sp³-hybridized carbons (Fsp3) is 0.0526. The van der Waals surface area contributed by atoms with Crippen LogP contribution in [0.2, 0.25) is 0 Å². The van der Waals surface area contributed by atoms with Gasteiger partial charge in [0.2, 0.25) is 0 Å². The molecule has 0 aromatic heterocycles. The summed E-state index contributed by atoms with van der Waals surface area (Å²) in [5, 5.41) is 5.69. The number of hydrogen-bond donors (Lipinski definition) is 0. The van der Waals surface area contributed by atoms with Gasteiger partial charge < -0.3 is 0 Å². The molecule has 0 aliphatic carbocycles. The van der Waals surface area contributed by atoms with Gasteiger partial charge in [0.25, 0.3) is 0 Å². The Morgan fingerprint density at radius 1 is 0.364 bits per heavy atom. The number of rotatable bonds is 8. The van der Waals surface area contributed by atoms with E-state index in [2.05, 4.69) is 219 Å². The van der Waals surface area contributed by atoms with Crippen LogP contribution in [0, 0.1) is 12.1 Å². The normalized spacial score (nSPS) is 10.0. The van der Waals surface area contributed by atoms with E-state index in [9.17, 15) is 0 Å². The Bertz CT molecular complexity index is 1330. The van der Waals surface area contributed by atoms with E-state index < -0.39 is 0 Å². The molecule has 0 aliphatic rings. The maximum Gasteiger partial charge on any atom is -0.0193 e. The summed E-state index contributed by atoms with van der Waals surface area (Å²) in [5.41, 5.74) is 2.57. The largest absolute Gasteiger partial charge is 0.180 e. The van der Waals surface area contributed by atoms with E-state index in [4.69, 9.17) is 0 Å². The van der Waals surface area contributed by atoms with Crippen molar-refractivity contribution in [3.63, 3.8) is 0 Å². The molecule has 6 aromatic carbocycles. The Hall–Kier alpha value is -1.54. The summed E-state index contributed by atoms with van der Waals surface area (Å²) in [7, 11) is -0.717. The van der Waals surface area contributed by atoms with Gasteiger partial charge in [0, 0.05) is 0 Å². The second-order valence-electron chi connectivity index (χ2n) is 9.29. The predicted molar refractivity (Wildman–Crippen MR) is 194 cm³/mol. The van der Waals surface area contributed by atoms with Crippen molar-refractivity contribution < 1.29 is 34.4 Å². The van der Waals surface area contributed by atoms with Gasteiger partial charge in [-0.15, -0.1) is 0 Å². The second kappa shape index (κ2) is 22.9. The number of benzene rings is 6. The summed E-state index contributed by atoms with van der Waals surface area (Å²) in [6, 6.07) is 66.5. The van der Waals surface area contributed by atoms with Crippen LogP contribution in [0.25, 0.3) is 0 Å². The topological polar surface area (TPSA) is 0 Å². The van der Waals surface area contributed by atoms with E-state index in [1.807, 2.05) is 24.3 Å². The molecule has 0 amide bonds. The van der Waals surface area contributed by atoms with E-state index in [1.165, 1.54) is 32.3 Å². The van der Waals surface area contributed by atoms with Crippen molar-refractivity contribution in [2.45, 2.75) is 12.3 Å². The van der Waals surface area contributed by atoms with Crippen LogP contribution < -0.4 is 21.2 Å². The second-order valence-corrected chi connectivity index (χ2v) is 13.7. The van der Waals surface area contributed by atoms with E-state index in [0.717, 1.165) is 12.3 Å². The summed E-state index contributed by atoms with van der Waals surface area (Å²) in [6.45, 7) is 0. The first-order valence-corrected chi connectivity index (χ1v) is 23.9. The molecule has 0 spiro atoms. The van der Waals surface area contributed by atoms with Crippen LogP contribution >= 0.6 is 42.7 Å². The van der Waals surface area contributed by atoms with Crippen molar-refractivity contribution >= 4 is 63.9 Å². The third-order valence-corrected chi connectivity index (χ3v) is 11.5. The van der Waals surface area contributed by atoms with Gasteiger partial charge in [0.1, 0.15) is 0 Å². The Kier molecular flexibility index (Phi) is 19.2. The van der Waals surface area contributed by atoms with Crippen molar-refractivity contribution in [2.24, 2.45) is 0 Å². The first-order valence-electron chi connectivity index (χ1n) is 13.8. The molecule has 0 unspecified atom stereocenters. The molecule has 0 saturated carbocycles. The SMILES string of the molecule is [Br][Pd+].[Br][Pd+].[c-]1ccccc1CP(c1ccccc1)c1ccccc1.[c-]1ccccc1CP(c1ccccc1)c1ccccc1. The molecule has 0 fully saturated rings. The molecule has 0 aliphatic heterocycles. The van der Waals surface area contributed by atoms with Crippen molar-refractivity contribution in [2.75, 3.05) is 0 Å². The van der Waals surface area contributed by atoms with Gasteiger partial charge >= 0.3 is 61.2 Å². The van der Waals surface area contributed by atoms with E-state index in [-0.39, 0.29) is 15.8 Å². The van der Waals surface area contributed by atoms with Gasteiger partial charge in [-0.2, -0.15) is 71.8 Å². The van der Waals surface area contributed by atoms with Gasteiger partial charge in [-0.3, -0.25) is 0 Å². The van der Waals surface area contributed by atoms with Crippen molar-refractivity contribution in [3.05, 3.63) is 193 Å². The molecular formula is C38H32Br2P2Pd2. The quantitative estimate of drug-likeness (QED) is 0.0811. The average molecular weight is 923 g/mol. The van der Waals surface area contributed by atoms with Crippen LogP contribution in [0.3, 0.4) is 0 Å². The summed E-state index contributed by atoms with van der Waals surface area (Å²) >= 11 is 10.7. The summed E-state index contributed by atoms with van der Waals surface area (Å²) in [6.07, 6.45) is 2.09. The average Bonchev–Trinajstić information content (AvgIpc) is 3.14. The standard InChI is InChI=1S/2C19H16P.2BrH.2Pd/c2*1-4-10-17(11-5-1)16-20(18-12-6-2-7-13-18)19-14-8-3-9-15-19;;;;/h2*1-10,12-15H,16H2;2*1H;;/q2*-1;;;2*+2/p-2. The Balaban J connectivity index is 0.000000216. The van der Waals surface area contributed by atoms with Crippen LogP contribution in [0.5, 0.6) is 0 Å². The van der Waals surface area contributed by atoms with Gasteiger partial charge in [-0.1, -0.05) is 121 Å². The third kappa shape index (κ3) is 12.7. The molecule has 0 atom stereocenters. The Morgan fingerprint density at radius 3 is 0.841 bits per heavy atom. The van der Waals surface area contributed by atoms with E-state index >= 15 is 0 Å². The monoisotopic (exact) mass is 920 g/mol. The summed E-state index contributed by atoms with van der Waals surface area (Å²) < 4.78 is 0. The maximum absolute atomic E-state index is 3.35. The molecule has 0 nitrogen and oxygen atoms in total. The molecular weight excluding hydrogens is 891 g/mol. The molecule has 6 heteroatoms. The first kappa shape index (κ1) is 36.9. The zero-order valence-corrected chi connectivity index (χ0v) is 31.9. The summed E-state index contributed by atoms with van der Waals surface area (Å²) in [5.74, 6) is 0. The fourth-order valence-electron chi connectivity index (χ4n) is 4.49.